The number of aliphatic hydroxyl groups is 2. The minimum atomic E-state index is -0.125. The molecular weight excluding hydrogens is 192 g/mol. The van der Waals surface area contributed by atoms with Crippen LogP contribution in [0.3, 0.4) is 0 Å². The third-order valence-electron chi connectivity index (χ3n) is 0.539. The molecule has 0 radical (unpaired) electrons. The zero-order valence-corrected chi connectivity index (χ0v) is 9.07. The highest BCUT2D eigenvalue weighted by Gasteiger charge is 1.71. The number of aliphatic hydroxyl groups excluding tert-OH is 2. The van der Waals surface area contributed by atoms with Gasteiger partial charge in [0.15, 0.2) is 0 Å². The Kier molecular flexibility index (Phi) is 21.0. The molecule has 2 N–H and O–H groups in total. The summed E-state index contributed by atoms with van der Waals surface area (Å²) in [5, 5.41) is 19.4. The first kappa shape index (κ1) is 14.6. The topological polar surface area (TPSA) is 40.5 Å². The molecular formula is C8H16O2S2. The van der Waals surface area contributed by atoms with Gasteiger partial charge in [0.25, 0.3) is 0 Å². The van der Waals surface area contributed by atoms with E-state index in [0.29, 0.717) is 0 Å². The minimum absolute atomic E-state index is 0.125. The van der Waals surface area contributed by atoms with E-state index in [1.165, 1.54) is 0 Å². The van der Waals surface area contributed by atoms with Crippen molar-refractivity contribution in [3.63, 3.8) is 0 Å². The molecule has 2 nitrogen and oxygen atoms in total. The van der Waals surface area contributed by atoms with Gasteiger partial charge in [-0.25, -0.2) is 0 Å². The Morgan fingerprint density at radius 3 is 1.42 bits per heavy atom. The van der Waals surface area contributed by atoms with Gasteiger partial charge in [0.1, 0.15) is 0 Å². The van der Waals surface area contributed by atoms with Gasteiger partial charge in [0, 0.05) is 0 Å². The van der Waals surface area contributed by atoms with Crippen LogP contribution in [0.15, 0.2) is 23.0 Å². The van der Waals surface area contributed by atoms with E-state index in [-0.39, 0.29) is 13.2 Å². The van der Waals surface area contributed by atoms with E-state index in [9.17, 15) is 0 Å². The fourth-order valence-electron chi connectivity index (χ4n) is 0.175. The van der Waals surface area contributed by atoms with Crippen LogP contribution in [0.2, 0.25) is 0 Å². The third-order valence-corrected chi connectivity index (χ3v) is 2.42. The molecule has 0 aliphatic carbocycles. The molecule has 0 bridgehead atoms. The second-order valence-electron chi connectivity index (χ2n) is 1.58. The van der Waals surface area contributed by atoms with Gasteiger partial charge in [-0.2, -0.15) is 0 Å². The maximum Gasteiger partial charge on any atom is 0.0662 e. The summed E-state index contributed by atoms with van der Waals surface area (Å²) in [6.07, 6.45) is 4.06. The predicted molar refractivity (Wildman–Crippen MR) is 59.0 cm³/mol. The number of allylic oxidation sites excluding steroid dienone is 2. The van der Waals surface area contributed by atoms with Crippen molar-refractivity contribution in [1.29, 1.82) is 0 Å². The van der Waals surface area contributed by atoms with Crippen LogP contribution in [0.4, 0.5) is 0 Å². The lowest BCUT2D eigenvalue weighted by Gasteiger charge is -1.80. The van der Waals surface area contributed by atoms with Gasteiger partial charge in [0.05, 0.1) is 13.2 Å². The Bertz CT molecular complexity index is 99.6. The fourth-order valence-corrected chi connectivity index (χ4v) is 1.58. The van der Waals surface area contributed by atoms with E-state index in [0.717, 1.165) is 0 Å². The third kappa shape index (κ3) is 22.5. The summed E-state index contributed by atoms with van der Waals surface area (Å²) in [7, 11) is 3.45. The molecule has 0 amide bonds. The smallest absolute Gasteiger partial charge is 0.0662 e. The van der Waals surface area contributed by atoms with Crippen molar-refractivity contribution in [2.45, 2.75) is 13.8 Å². The fraction of sp³-hybridized carbons (Fsp3) is 0.500. The summed E-state index contributed by atoms with van der Waals surface area (Å²) in [4.78, 5) is 0. The van der Waals surface area contributed by atoms with E-state index in [4.69, 9.17) is 10.2 Å². The van der Waals surface area contributed by atoms with Crippen molar-refractivity contribution in [3.05, 3.63) is 23.0 Å². The average molecular weight is 208 g/mol. The van der Waals surface area contributed by atoms with Crippen LogP contribution in [-0.4, -0.2) is 23.4 Å². The zero-order chi connectivity index (χ0) is 9.66. The quantitative estimate of drug-likeness (QED) is 0.550. The van der Waals surface area contributed by atoms with E-state index >= 15 is 0 Å². The lowest BCUT2D eigenvalue weighted by Crippen LogP contribution is -1.85. The van der Waals surface area contributed by atoms with Crippen LogP contribution < -0.4 is 0 Å². The van der Waals surface area contributed by atoms with Crippen molar-refractivity contribution in [1.82, 2.24) is 0 Å². The highest BCUT2D eigenvalue weighted by molar-refractivity contribution is 8.78. The van der Waals surface area contributed by atoms with Gasteiger partial charge >= 0.3 is 0 Å². The lowest BCUT2D eigenvalue weighted by molar-refractivity contribution is 0.186. The highest BCUT2D eigenvalue weighted by atomic mass is 33.1. The Hall–Kier alpha value is 0.1000. The molecule has 0 heterocycles. The predicted octanol–water partition coefficient (Wildman–Crippen LogP) is 2.41. The van der Waals surface area contributed by atoms with Gasteiger partial charge in [-0.1, -0.05) is 33.7 Å². The Balaban J connectivity index is 0. The molecule has 0 spiro atoms. The zero-order valence-electron chi connectivity index (χ0n) is 7.43. The van der Waals surface area contributed by atoms with E-state index in [2.05, 4.69) is 10.8 Å². The monoisotopic (exact) mass is 208 g/mol. The van der Waals surface area contributed by atoms with Crippen LogP contribution in [-0.2, 0) is 0 Å². The minimum Gasteiger partial charge on any atom is -0.394 e. The van der Waals surface area contributed by atoms with Crippen LogP contribution in [0.25, 0.3) is 0 Å². The van der Waals surface area contributed by atoms with Crippen molar-refractivity contribution in [2.24, 2.45) is 0 Å². The largest absolute Gasteiger partial charge is 0.394 e. The molecule has 72 valence electrons. The second kappa shape index (κ2) is 17.3. The molecule has 0 atom stereocenters. The second-order valence-corrected chi connectivity index (χ2v) is 3.66. The Morgan fingerprint density at radius 2 is 1.25 bits per heavy atom. The normalized spacial score (nSPS) is 10.3. The van der Waals surface area contributed by atoms with Crippen molar-refractivity contribution >= 4 is 21.6 Å². The first-order chi connectivity index (χ1) is 5.83. The lowest BCUT2D eigenvalue weighted by atomic mass is 10.8. The van der Waals surface area contributed by atoms with Crippen LogP contribution in [0.1, 0.15) is 13.8 Å². The maximum atomic E-state index is 7.62. The van der Waals surface area contributed by atoms with Crippen molar-refractivity contribution < 1.29 is 10.2 Å². The molecule has 0 aromatic rings. The Labute approximate surface area is 82.2 Å². The first-order valence-electron chi connectivity index (χ1n) is 3.59. The van der Waals surface area contributed by atoms with E-state index < -0.39 is 0 Å². The molecule has 4 heteroatoms. The number of rotatable bonds is 4. The highest BCUT2D eigenvalue weighted by Crippen LogP contribution is 2.22. The van der Waals surface area contributed by atoms with Crippen LogP contribution in [0.5, 0.6) is 0 Å². The molecule has 0 aliphatic heterocycles. The van der Waals surface area contributed by atoms with Crippen LogP contribution >= 0.6 is 21.6 Å². The Morgan fingerprint density at radius 1 is 0.917 bits per heavy atom. The van der Waals surface area contributed by atoms with Crippen LogP contribution in [0, 0.1) is 0 Å². The van der Waals surface area contributed by atoms with Gasteiger partial charge in [-0.05, 0) is 24.7 Å². The molecule has 0 aromatic heterocycles. The molecule has 12 heavy (non-hydrogen) atoms. The van der Waals surface area contributed by atoms with Gasteiger partial charge in [-0.15, -0.1) is 0 Å². The van der Waals surface area contributed by atoms with Gasteiger partial charge in [-0.3, -0.25) is 0 Å². The van der Waals surface area contributed by atoms with Gasteiger partial charge < -0.3 is 10.2 Å². The van der Waals surface area contributed by atoms with Crippen molar-refractivity contribution in [2.75, 3.05) is 13.2 Å². The summed E-state index contributed by atoms with van der Waals surface area (Å²) >= 11 is 0. The van der Waals surface area contributed by atoms with E-state index in [1.54, 1.807) is 21.6 Å². The first-order valence-corrected chi connectivity index (χ1v) is 5.87. The molecule has 0 fully saturated rings. The SMILES string of the molecule is C/C=C/SS/C=C/C.OCCO. The van der Waals surface area contributed by atoms with Crippen molar-refractivity contribution in [3.8, 4) is 0 Å². The summed E-state index contributed by atoms with van der Waals surface area (Å²) in [6.45, 7) is 3.78. The standard InChI is InChI=1S/C6H10S2.C2H6O2/c1-3-5-7-8-6-4-2;3-1-2-4/h3-6H,1-2H3;3-4H,1-2H2/b5-3+,6-4+;. The molecule has 0 unspecified atom stereocenters. The molecule has 0 aliphatic rings. The molecule has 0 saturated heterocycles. The molecule has 0 saturated carbocycles. The molecule has 0 aromatic carbocycles. The molecule has 0 rings (SSSR count). The number of hydrogen-bond acceptors (Lipinski definition) is 4. The van der Waals surface area contributed by atoms with Gasteiger partial charge in [0.2, 0.25) is 0 Å². The summed E-state index contributed by atoms with van der Waals surface area (Å²) in [6, 6.07) is 0. The average Bonchev–Trinajstić information content (AvgIpc) is 2.13. The summed E-state index contributed by atoms with van der Waals surface area (Å²) < 4.78 is 0. The maximum absolute atomic E-state index is 7.62. The summed E-state index contributed by atoms with van der Waals surface area (Å²) in [5.74, 6) is 0. The van der Waals surface area contributed by atoms with E-state index in [1.807, 2.05) is 26.0 Å². The number of hydrogen-bond donors (Lipinski definition) is 2. The summed E-state index contributed by atoms with van der Waals surface area (Å²) in [5.41, 5.74) is 0.